The molecule has 0 bridgehead atoms. The molecule has 10 heavy (non-hydrogen) atoms. The van der Waals surface area contributed by atoms with Crippen molar-refractivity contribution in [1.82, 2.24) is 0 Å². The Bertz CT molecular complexity index is 64.3. The van der Waals surface area contributed by atoms with E-state index in [-0.39, 0.29) is 27.0 Å². The Morgan fingerprint density at radius 1 is 1.40 bits per heavy atom. The molecule has 0 rings (SSSR count). The van der Waals surface area contributed by atoms with Crippen molar-refractivity contribution in [2.24, 2.45) is 0 Å². The van der Waals surface area contributed by atoms with E-state index in [1.54, 1.807) is 0 Å². The van der Waals surface area contributed by atoms with Crippen LogP contribution in [0.2, 0.25) is 8.94 Å². The van der Waals surface area contributed by atoms with Crippen LogP contribution in [0.4, 0.5) is 0 Å². The van der Waals surface area contributed by atoms with Crippen LogP contribution in [-0.4, -0.2) is 32.1 Å². The number of hydrogen-bond acceptors (Lipinski definition) is 1. The van der Waals surface area contributed by atoms with Crippen LogP contribution in [-0.2, 0) is 0 Å². The molecule has 1 N–H and O–H groups in total. The first kappa shape index (κ1) is 10.7. The summed E-state index contributed by atoms with van der Waals surface area (Å²) in [5.41, 5.74) is 0. The van der Waals surface area contributed by atoms with Gasteiger partial charge in [-0.15, -0.1) is 0 Å². The molecule has 0 aromatic heterocycles. The third kappa shape index (κ3) is 8.75. The topological polar surface area (TPSA) is 20.2 Å². The molecule has 0 fully saturated rings. The fraction of sp³-hybridized carbons (Fsp3) is 1.00. The molecule has 0 saturated heterocycles. The standard InChI is InChI=1S/C8H18OTe/c1-3-4-6-10-7-5-8(2)9/h8-9H,3-7H2,1-2H3/t8-/m0/s1. The summed E-state index contributed by atoms with van der Waals surface area (Å²) >= 11 is 0.267. The average molecular weight is 258 g/mol. The molecule has 0 aliphatic heterocycles. The molecule has 62 valence electrons. The molecular weight excluding hydrogens is 240 g/mol. The van der Waals surface area contributed by atoms with Crippen LogP contribution >= 0.6 is 0 Å². The van der Waals surface area contributed by atoms with Crippen molar-refractivity contribution in [2.75, 3.05) is 0 Å². The molecule has 0 aliphatic carbocycles. The summed E-state index contributed by atoms with van der Waals surface area (Å²) < 4.78 is 2.79. The maximum absolute atomic E-state index is 8.93. The Balaban J connectivity index is 2.77. The summed E-state index contributed by atoms with van der Waals surface area (Å²) in [4.78, 5) is 0. The van der Waals surface area contributed by atoms with Gasteiger partial charge in [-0.05, 0) is 0 Å². The van der Waals surface area contributed by atoms with E-state index in [0.717, 1.165) is 6.42 Å². The molecule has 0 radical (unpaired) electrons. The molecule has 0 spiro atoms. The number of aliphatic hydroxyl groups is 1. The van der Waals surface area contributed by atoms with E-state index in [4.69, 9.17) is 5.11 Å². The summed E-state index contributed by atoms with van der Waals surface area (Å²) in [6.45, 7) is 4.12. The van der Waals surface area contributed by atoms with E-state index in [9.17, 15) is 0 Å². The van der Waals surface area contributed by atoms with Gasteiger partial charge in [-0.2, -0.15) is 0 Å². The zero-order valence-electron chi connectivity index (χ0n) is 6.97. The Labute approximate surface area is 74.3 Å². The van der Waals surface area contributed by atoms with Crippen LogP contribution in [0.25, 0.3) is 0 Å². The van der Waals surface area contributed by atoms with Crippen LogP contribution in [0.5, 0.6) is 0 Å². The van der Waals surface area contributed by atoms with E-state index < -0.39 is 0 Å². The number of rotatable bonds is 6. The fourth-order valence-electron chi connectivity index (χ4n) is 0.602. The summed E-state index contributed by atoms with van der Waals surface area (Å²) in [5, 5.41) is 8.93. The van der Waals surface area contributed by atoms with Gasteiger partial charge >= 0.3 is 74.2 Å². The van der Waals surface area contributed by atoms with Crippen molar-refractivity contribution in [1.29, 1.82) is 0 Å². The number of aliphatic hydroxyl groups excluding tert-OH is 1. The van der Waals surface area contributed by atoms with Gasteiger partial charge in [0.25, 0.3) is 0 Å². The quantitative estimate of drug-likeness (QED) is 0.571. The molecular formula is C8H18OTe. The minimum atomic E-state index is -0.0632. The van der Waals surface area contributed by atoms with Gasteiger partial charge in [0.1, 0.15) is 0 Å². The van der Waals surface area contributed by atoms with Crippen LogP contribution < -0.4 is 0 Å². The summed E-state index contributed by atoms with van der Waals surface area (Å²) in [7, 11) is 0. The number of unbranched alkanes of at least 4 members (excludes halogenated alkanes) is 1. The summed E-state index contributed by atoms with van der Waals surface area (Å²) in [6.07, 6.45) is 3.71. The first-order valence-electron chi connectivity index (χ1n) is 4.03. The first-order chi connectivity index (χ1) is 4.77. The summed E-state index contributed by atoms with van der Waals surface area (Å²) in [6, 6.07) is 0. The third-order valence-electron chi connectivity index (χ3n) is 1.32. The Hall–Kier alpha value is 0.750. The monoisotopic (exact) mass is 260 g/mol. The second kappa shape index (κ2) is 7.85. The molecule has 0 saturated carbocycles. The SMILES string of the molecule is CCCC[Te]CC[C@H](C)O. The molecule has 1 nitrogen and oxygen atoms in total. The molecule has 0 amide bonds. The van der Waals surface area contributed by atoms with Gasteiger partial charge in [0.15, 0.2) is 0 Å². The zero-order chi connectivity index (χ0) is 7.82. The molecule has 0 aliphatic rings. The van der Waals surface area contributed by atoms with E-state index in [0.29, 0.717) is 0 Å². The van der Waals surface area contributed by atoms with E-state index in [1.165, 1.54) is 21.8 Å². The van der Waals surface area contributed by atoms with E-state index in [1.807, 2.05) is 6.92 Å². The Morgan fingerprint density at radius 3 is 2.60 bits per heavy atom. The van der Waals surface area contributed by atoms with Gasteiger partial charge in [0.05, 0.1) is 0 Å². The molecule has 0 unspecified atom stereocenters. The van der Waals surface area contributed by atoms with E-state index in [2.05, 4.69) is 6.92 Å². The average Bonchev–Trinajstić information content (AvgIpc) is 1.87. The molecule has 0 aromatic carbocycles. The van der Waals surface area contributed by atoms with Crippen LogP contribution in [0.1, 0.15) is 33.1 Å². The van der Waals surface area contributed by atoms with Crippen molar-refractivity contribution in [3.05, 3.63) is 0 Å². The maximum atomic E-state index is 8.93. The molecule has 0 aromatic rings. The first-order valence-corrected chi connectivity index (χ1v) is 7.32. The van der Waals surface area contributed by atoms with Crippen molar-refractivity contribution in [3.8, 4) is 0 Å². The van der Waals surface area contributed by atoms with Gasteiger partial charge in [-0.1, -0.05) is 0 Å². The number of hydrogen-bond donors (Lipinski definition) is 1. The van der Waals surface area contributed by atoms with Gasteiger partial charge in [-0.3, -0.25) is 0 Å². The molecule has 2 heteroatoms. The van der Waals surface area contributed by atoms with Crippen LogP contribution in [0.3, 0.4) is 0 Å². The third-order valence-corrected chi connectivity index (χ3v) is 4.47. The Morgan fingerprint density at radius 2 is 2.10 bits per heavy atom. The van der Waals surface area contributed by atoms with E-state index >= 15 is 0 Å². The second-order valence-electron chi connectivity index (χ2n) is 2.60. The van der Waals surface area contributed by atoms with Crippen LogP contribution in [0, 0.1) is 0 Å². The van der Waals surface area contributed by atoms with Crippen LogP contribution in [0.15, 0.2) is 0 Å². The van der Waals surface area contributed by atoms with Crippen molar-refractivity contribution < 1.29 is 5.11 Å². The normalized spacial score (nSPS) is 13.5. The molecule has 1 atom stereocenters. The summed E-state index contributed by atoms with van der Waals surface area (Å²) in [5.74, 6) is 0. The minimum absolute atomic E-state index is 0.0632. The predicted molar refractivity (Wildman–Crippen MR) is 46.6 cm³/mol. The van der Waals surface area contributed by atoms with Crippen molar-refractivity contribution in [3.63, 3.8) is 0 Å². The van der Waals surface area contributed by atoms with Crippen molar-refractivity contribution >= 4 is 20.9 Å². The Kier molecular flexibility index (Phi) is 8.44. The molecule has 0 heterocycles. The predicted octanol–water partition coefficient (Wildman–Crippen LogP) is 2.10. The van der Waals surface area contributed by atoms with Gasteiger partial charge in [0, 0.05) is 0 Å². The second-order valence-corrected chi connectivity index (χ2v) is 6.10. The van der Waals surface area contributed by atoms with Gasteiger partial charge < -0.3 is 0 Å². The van der Waals surface area contributed by atoms with Gasteiger partial charge in [0.2, 0.25) is 0 Å². The zero-order valence-corrected chi connectivity index (χ0v) is 9.30. The van der Waals surface area contributed by atoms with Crippen molar-refractivity contribution in [2.45, 2.75) is 48.2 Å². The van der Waals surface area contributed by atoms with Gasteiger partial charge in [-0.25, -0.2) is 0 Å². The fourth-order valence-corrected chi connectivity index (χ4v) is 4.04.